The topological polar surface area (TPSA) is 121 Å². The molecule has 40 heavy (non-hydrogen) atoms. The van der Waals surface area contributed by atoms with Gasteiger partial charge in [-0.25, -0.2) is 0 Å². The number of halogens is 1. The third-order valence-corrected chi connectivity index (χ3v) is 6.64. The molecular formula is C29H26ClN5O5. The van der Waals surface area contributed by atoms with E-state index in [2.05, 4.69) is 20.4 Å². The highest BCUT2D eigenvalue weighted by Gasteiger charge is 2.25. The number of anilines is 1. The van der Waals surface area contributed by atoms with Crippen LogP contribution in [0.3, 0.4) is 0 Å². The third kappa shape index (κ3) is 5.58. The Morgan fingerprint density at radius 3 is 2.55 bits per heavy atom. The van der Waals surface area contributed by atoms with E-state index >= 15 is 0 Å². The highest BCUT2D eigenvalue weighted by Crippen LogP contribution is 2.38. The molecule has 0 aliphatic carbocycles. The number of methoxy groups -OCH3 is 2. The summed E-state index contributed by atoms with van der Waals surface area (Å²) < 4.78 is 17.8. The van der Waals surface area contributed by atoms with Gasteiger partial charge in [0.15, 0.2) is 5.76 Å². The number of hydrogen-bond donors (Lipinski definition) is 1. The lowest BCUT2D eigenvalue weighted by Gasteiger charge is -2.21. The van der Waals surface area contributed by atoms with Crippen LogP contribution in [0.1, 0.15) is 18.2 Å². The second-order valence-corrected chi connectivity index (χ2v) is 9.51. The average Bonchev–Trinajstić information content (AvgIpc) is 3.39. The Balaban J connectivity index is 1.54. The molecule has 5 rings (SSSR count). The predicted octanol–water partition coefficient (Wildman–Crippen LogP) is 5.30. The van der Waals surface area contributed by atoms with Crippen LogP contribution in [0.5, 0.6) is 5.75 Å². The van der Waals surface area contributed by atoms with Crippen LogP contribution in [0.4, 0.5) is 5.69 Å². The fourth-order valence-corrected chi connectivity index (χ4v) is 4.65. The molecule has 3 aromatic heterocycles. The Morgan fingerprint density at radius 1 is 1.02 bits per heavy atom. The fourth-order valence-electron chi connectivity index (χ4n) is 4.48. The van der Waals surface area contributed by atoms with Crippen molar-refractivity contribution in [3.8, 4) is 28.2 Å². The van der Waals surface area contributed by atoms with E-state index in [1.165, 1.54) is 31.0 Å². The van der Waals surface area contributed by atoms with Crippen molar-refractivity contribution in [2.45, 2.75) is 19.4 Å². The summed E-state index contributed by atoms with van der Waals surface area (Å²) in [7, 11) is 3.03. The molecule has 1 atom stereocenters. The molecule has 204 valence electrons. The Kier molecular flexibility index (Phi) is 7.90. The molecule has 0 aliphatic rings. The van der Waals surface area contributed by atoms with Crippen molar-refractivity contribution in [1.29, 1.82) is 0 Å². The van der Waals surface area contributed by atoms with Crippen molar-refractivity contribution >= 4 is 34.2 Å². The van der Waals surface area contributed by atoms with Crippen molar-refractivity contribution in [2.75, 3.05) is 26.1 Å². The van der Waals surface area contributed by atoms with Crippen LogP contribution in [0, 0.1) is 6.92 Å². The Morgan fingerprint density at radius 2 is 1.82 bits per heavy atom. The smallest absolute Gasteiger partial charge is 0.252 e. The third-order valence-electron chi connectivity index (χ3n) is 6.40. The van der Waals surface area contributed by atoms with Gasteiger partial charge in [0.05, 0.1) is 30.0 Å². The normalized spacial score (nSPS) is 11.9. The van der Waals surface area contributed by atoms with Gasteiger partial charge in [0.25, 0.3) is 5.56 Å². The van der Waals surface area contributed by atoms with Crippen LogP contribution in [-0.2, 0) is 9.53 Å². The average molecular weight is 560 g/mol. The van der Waals surface area contributed by atoms with Crippen LogP contribution in [0.15, 0.2) is 76.4 Å². The molecule has 2 aromatic carbocycles. The molecule has 11 heteroatoms. The van der Waals surface area contributed by atoms with Crippen molar-refractivity contribution in [2.24, 2.45) is 0 Å². The van der Waals surface area contributed by atoms with Crippen LogP contribution in [0.25, 0.3) is 33.5 Å². The quantitative estimate of drug-likeness (QED) is 0.258. The maximum Gasteiger partial charge on any atom is 0.252 e. The van der Waals surface area contributed by atoms with Gasteiger partial charge in [-0.2, -0.15) is 0 Å². The lowest BCUT2D eigenvalue weighted by atomic mass is 9.97. The number of aryl methyl sites for hydroxylation is 1. The number of pyridine rings is 1. The first-order chi connectivity index (χ1) is 19.4. The van der Waals surface area contributed by atoms with E-state index in [1.54, 1.807) is 54.9 Å². The number of hydrogen-bond acceptors (Lipinski definition) is 8. The molecule has 1 N–H and O–H groups in total. The number of amides is 1. The van der Waals surface area contributed by atoms with Crippen LogP contribution in [-0.4, -0.2) is 46.4 Å². The summed E-state index contributed by atoms with van der Waals surface area (Å²) >= 11 is 6.34. The standard InChI is InChI=1S/C29H26ClN5O5/c1-17-12-26(40-34-17)20-6-4-18(30)13-21(20)22-15-28(36)35(16-27(22)39-3)25(8-11-38-2)29(37)33-19-5-7-23-24(14-19)32-10-9-31-23/h4-7,9-10,12-16,25H,8,11H2,1-3H3,(H,33,37). The van der Waals surface area contributed by atoms with Gasteiger partial charge in [0.1, 0.15) is 11.8 Å². The Bertz CT molecular complexity index is 1750. The van der Waals surface area contributed by atoms with Crippen molar-refractivity contribution in [3.05, 3.63) is 88.2 Å². The van der Waals surface area contributed by atoms with E-state index in [4.69, 9.17) is 25.6 Å². The van der Waals surface area contributed by atoms with Gasteiger partial charge in [-0.3, -0.25) is 24.1 Å². The van der Waals surface area contributed by atoms with Gasteiger partial charge in [0.2, 0.25) is 5.91 Å². The van der Waals surface area contributed by atoms with Crippen molar-refractivity contribution in [3.63, 3.8) is 0 Å². The minimum atomic E-state index is -0.885. The first kappa shape index (κ1) is 27.0. The Hall–Kier alpha value is -4.54. The minimum Gasteiger partial charge on any atom is -0.495 e. The highest BCUT2D eigenvalue weighted by molar-refractivity contribution is 6.31. The summed E-state index contributed by atoms with van der Waals surface area (Å²) in [6.45, 7) is 2.07. The Labute approximate surface area is 234 Å². The first-order valence-electron chi connectivity index (χ1n) is 12.4. The van der Waals surface area contributed by atoms with E-state index in [-0.39, 0.29) is 13.0 Å². The lowest BCUT2D eigenvalue weighted by Crippen LogP contribution is -2.34. The number of rotatable bonds is 9. The first-order valence-corrected chi connectivity index (χ1v) is 12.8. The molecule has 0 aliphatic heterocycles. The number of benzene rings is 2. The van der Waals surface area contributed by atoms with Gasteiger partial charge in [0, 0.05) is 66.5 Å². The van der Waals surface area contributed by atoms with Crippen LogP contribution >= 0.6 is 11.6 Å². The molecule has 1 unspecified atom stereocenters. The van der Waals surface area contributed by atoms with Gasteiger partial charge in [-0.05, 0) is 48.9 Å². The second-order valence-electron chi connectivity index (χ2n) is 9.07. The van der Waals surface area contributed by atoms with Gasteiger partial charge < -0.3 is 19.3 Å². The second kappa shape index (κ2) is 11.7. The number of nitrogens with zero attached hydrogens (tertiary/aromatic N) is 4. The summed E-state index contributed by atoms with van der Waals surface area (Å²) in [5.41, 5.74) is 3.98. The van der Waals surface area contributed by atoms with E-state index < -0.39 is 17.5 Å². The van der Waals surface area contributed by atoms with Crippen molar-refractivity contribution in [1.82, 2.24) is 19.7 Å². The fraction of sp³-hybridized carbons (Fsp3) is 0.207. The van der Waals surface area contributed by atoms with E-state index in [9.17, 15) is 9.59 Å². The minimum absolute atomic E-state index is 0.248. The van der Waals surface area contributed by atoms with Crippen LogP contribution in [0.2, 0.25) is 5.02 Å². The summed E-state index contributed by atoms with van der Waals surface area (Å²) in [4.78, 5) is 35.6. The highest BCUT2D eigenvalue weighted by atomic mass is 35.5. The van der Waals surface area contributed by atoms with E-state index in [1.807, 2.05) is 6.92 Å². The van der Waals surface area contributed by atoms with E-state index in [0.717, 1.165) is 0 Å². The number of carbonyl (C=O) groups excluding carboxylic acids is 1. The molecule has 5 aromatic rings. The number of ether oxygens (including phenoxy) is 2. The number of aromatic nitrogens is 4. The zero-order valence-corrected chi connectivity index (χ0v) is 22.8. The SMILES string of the molecule is COCCC(C(=O)Nc1ccc2nccnc2c1)n1cc(OC)c(-c2cc(Cl)ccc2-c2cc(C)no2)cc1=O. The summed E-state index contributed by atoms with van der Waals surface area (Å²) in [5, 5.41) is 7.34. The molecule has 10 nitrogen and oxygen atoms in total. The monoisotopic (exact) mass is 559 g/mol. The molecule has 0 bridgehead atoms. The molecule has 1 amide bonds. The molecular weight excluding hydrogens is 534 g/mol. The number of nitrogens with one attached hydrogen (secondary N) is 1. The summed E-state index contributed by atoms with van der Waals surface area (Å²) in [6.07, 6.45) is 4.96. The lowest BCUT2D eigenvalue weighted by molar-refractivity contribution is -0.119. The largest absolute Gasteiger partial charge is 0.495 e. The zero-order valence-electron chi connectivity index (χ0n) is 22.1. The zero-order chi connectivity index (χ0) is 28.2. The molecule has 3 heterocycles. The molecule has 0 spiro atoms. The number of fused-ring (bicyclic) bond motifs is 1. The van der Waals surface area contributed by atoms with Gasteiger partial charge >= 0.3 is 0 Å². The van der Waals surface area contributed by atoms with Crippen molar-refractivity contribution < 1.29 is 18.8 Å². The maximum atomic E-state index is 13.6. The van der Waals surface area contributed by atoms with Crippen LogP contribution < -0.4 is 15.6 Å². The molecule has 0 fully saturated rings. The summed E-state index contributed by atoms with van der Waals surface area (Å²) in [5.74, 6) is 0.501. The molecule has 0 saturated carbocycles. The molecule has 0 radical (unpaired) electrons. The summed E-state index contributed by atoms with van der Waals surface area (Å²) in [6, 6.07) is 12.8. The molecule has 0 saturated heterocycles. The predicted molar refractivity (Wildman–Crippen MR) is 152 cm³/mol. The van der Waals surface area contributed by atoms with Gasteiger partial charge in [-0.15, -0.1) is 0 Å². The maximum absolute atomic E-state index is 13.6. The van der Waals surface area contributed by atoms with E-state index in [0.29, 0.717) is 55.6 Å². The van der Waals surface area contributed by atoms with Gasteiger partial charge in [-0.1, -0.05) is 16.8 Å². The number of carbonyl (C=O) groups is 1.